The van der Waals surface area contributed by atoms with E-state index < -0.39 is 10.1 Å². The van der Waals surface area contributed by atoms with Crippen molar-refractivity contribution in [3.63, 3.8) is 0 Å². The quantitative estimate of drug-likeness (QED) is 0.544. The molecule has 0 saturated heterocycles. The van der Waals surface area contributed by atoms with E-state index in [9.17, 15) is 13.2 Å². The van der Waals surface area contributed by atoms with Gasteiger partial charge in [0.2, 0.25) is 0 Å². The minimum Gasteiger partial charge on any atom is -0.383 e. The maximum atomic E-state index is 12.4. The molecule has 3 aromatic carbocycles. The molecule has 0 aliphatic heterocycles. The Bertz CT molecular complexity index is 976. The van der Waals surface area contributed by atoms with E-state index in [1.54, 1.807) is 48.5 Å². The van der Waals surface area contributed by atoms with Crippen LogP contribution in [0.15, 0.2) is 66.7 Å². The molecule has 5 heteroatoms. The molecule has 0 unspecified atom stereocenters. The van der Waals surface area contributed by atoms with Crippen LogP contribution in [0.3, 0.4) is 0 Å². The van der Waals surface area contributed by atoms with Crippen molar-refractivity contribution in [2.45, 2.75) is 0 Å². The second kappa shape index (κ2) is 5.85. The summed E-state index contributed by atoms with van der Waals surface area (Å²) < 4.78 is 27.2. The Labute approximate surface area is 134 Å². The number of benzene rings is 3. The molecular formula is C18H14O4S. The summed E-state index contributed by atoms with van der Waals surface area (Å²) in [6, 6.07) is 19.3. The molecule has 116 valence electrons. The molecule has 0 aromatic heterocycles. The number of carbonyl (C=O) groups is 1. The maximum absolute atomic E-state index is 12.4. The van der Waals surface area contributed by atoms with Crippen LogP contribution in [-0.2, 0) is 10.1 Å². The molecule has 0 amide bonds. The zero-order chi connectivity index (χ0) is 16.4. The van der Waals surface area contributed by atoms with Crippen molar-refractivity contribution >= 4 is 26.7 Å². The molecule has 4 nitrogen and oxygen atoms in total. The van der Waals surface area contributed by atoms with Crippen LogP contribution >= 0.6 is 0 Å². The molecule has 0 radical (unpaired) electrons. The third-order valence-electron chi connectivity index (χ3n) is 3.36. The van der Waals surface area contributed by atoms with Crippen molar-refractivity contribution in [1.82, 2.24) is 0 Å². The highest BCUT2D eigenvalue weighted by Gasteiger charge is 2.10. The average Bonchev–Trinajstić information content (AvgIpc) is 2.53. The number of hydrogen-bond acceptors (Lipinski definition) is 4. The molecule has 0 aliphatic rings. The predicted octanol–water partition coefficient (Wildman–Crippen LogP) is 3.41. The second-order valence-electron chi connectivity index (χ2n) is 5.21. The fourth-order valence-corrected chi connectivity index (χ4v) is 2.80. The highest BCUT2D eigenvalue weighted by atomic mass is 32.2. The van der Waals surface area contributed by atoms with Gasteiger partial charge >= 0.3 is 10.1 Å². The fourth-order valence-electron chi connectivity index (χ4n) is 2.35. The third-order valence-corrected chi connectivity index (χ3v) is 3.85. The number of fused-ring (bicyclic) bond motifs is 1. The van der Waals surface area contributed by atoms with Gasteiger partial charge in [0.05, 0.1) is 6.26 Å². The predicted molar refractivity (Wildman–Crippen MR) is 89.3 cm³/mol. The SMILES string of the molecule is CS(=O)(=O)Oc1ccc2cc(C(=O)c3ccccc3)ccc2c1. The summed E-state index contributed by atoms with van der Waals surface area (Å²) in [5.74, 6) is 0.200. The van der Waals surface area contributed by atoms with Gasteiger partial charge in [0.15, 0.2) is 5.78 Å². The molecule has 3 aromatic rings. The van der Waals surface area contributed by atoms with Gasteiger partial charge in [-0.3, -0.25) is 4.79 Å². The van der Waals surface area contributed by atoms with Gasteiger partial charge in [-0.2, -0.15) is 8.42 Å². The molecule has 0 spiro atoms. The Morgan fingerprint density at radius 3 is 2.17 bits per heavy atom. The van der Waals surface area contributed by atoms with Crippen LogP contribution in [0.5, 0.6) is 5.75 Å². The summed E-state index contributed by atoms with van der Waals surface area (Å²) in [6.45, 7) is 0. The number of carbonyl (C=O) groups excluding carboxylic acids is 1. The molecule has 3 rings (SSSR count). The van der Waals surface area contributed by atoms with Crippen molar-refractivity contribution in [2.75, 3.05) is 6.26 Å². The van der Waals surface area contributed by atoms with E-state index in [1.807, 2.05) is 18.2 Å². The van der Waals surface area contributed by atoms with Gasteiger partial charge < -0.3 is 4.18 Å². The highest BCUT2D eigenvalue weighted by molar-refractivity contribution is 7.86. The Hall–Kier alpha value is -2.66. The normalized spacial score (nSPS) is 11.3. The van der Waals surface area contributed by atoms with Gasteiger partial charge in [-0.25, -0.2) is 0 Å². The Morgan fingerprint density at radius 1 is 0.826 bits per heavy atom. The number of ketones is 1. The van der Waals surface area contributed by atoms with Crippen LogP contribution < -0.4 is 4.18 Å². The van der Waals surface area contributed by atoms with Crippen molar-refractivity contribution in [3.8, 4) is 5.75 Å². The maximum Gasteiger partial charge on any atom is 0.306 e. The van der Waals surface area contributed by atoms with Crippen LogP contribution in [0, 0.1) is 0 Å². The van der Waals surface area contributed by atoms with E-state index in [0.29, 0.717) is 11.1 Å². The summed E-state index contributed by atoms with van der Waals surface area (Å²) in [7, 11) is -3.56. The summed E-state index contributed by atoms with van der Waals surface area (Å²) in [6.07, 6.45) is 0.999. The first-order valence-electron chi connectivity index (χ1n) is 6.95. The van der Waals surface area contributed by atoms with Gasteiger partial charge in [-0.15, -0.1) is 0 Å². The molecule has 0 atom stereocenters. The van der Waals surface area contributed by atoms with E-state index >= 15 is 0 Å². The Balaban J connectivity index is 1.97. The molecule has 0 fully saturated rings. The minimum absolute atomic E-state index is 0.0519. The Kier molecular flexibility index (Phi) is 3.88. The van der Waals surface area contributed by atoms with Gasteiger partial charge in [-0.1, -0.05) is 48.5 Å². The molecule has 0 saturated carbocycles. The van der Waals surface area contributed by atoms with E-state index in [1.165, 1.54) is 0 Å². The van der Waals surface area contributed by atoms with E-state index in [2.05, 4.69) is 0 Å². The molecule has 0 bridgehead atoms. The molecule has 0 N–H and O–H groups in total. The minimum atomic E-state index is -3.56. The molecule has 23 heavy (non-hydrogen) atoms. The third kappa shape index (κ3) is 3.57. The molecular weight excluding hydrogens is 312 g/mol. The lowest BCUT2D eigenvalue weighted by Crippen LogP contribution is -2.05. The van der Waals surface area contributed by atoms with Crippen molar-refractivity contribution in [2.24, 2.45) is 0 Å². The highest BCUT2D eigenvalue weighted by Crippen LogP contribution is 2.24. The van der Waals surface area contributed by atoms with Gasteiger partial charge in [0.25, 0.3) is 0 Å². The summed E-state index contributed by atoms with van der Waals surface area (Å²) in [5, 5.41) is 1.64. The topological polar surface area (TPSA) is 60.4 Å². The van der Waals surface area contributed by atoms with Crippen LogP contribution in [0.2, 0.25) is 0 Å². The van der Waals surface area contributed by atoms with E-state index in [-0.39, 0.29) is 11.5 Å². The first-order chi connectivity index (χ1) is 10.9. The van der Waals surface area contributed by atoms with Gasteiger partial charge in [-0.05, 0) is 29.0 Å². The standard InChI is InChI=1S/C18H14O4S/c1-23(20,21)22-17-10-9-14-11-16(8-7-15(14)12-17)18(19)13-5-3-2-4-6-13/h2-12H,1H3. The first kappa shape index (κ1) is 15.2. The Morgan fingerprint density at radius 2 is 1.48 bits per heavy atom. The first-order valence-corrected chi connectivity index (χ1v) is 8.77. The summed E-state index contributed by atoms with van der Waals surface area (Å²) >= 11 is 0. The fraction of sp³-hybridized carbons (Fsp3) is 0.0556. The lowest BCUT2D eigenvalue weighted by molar-refractivity contribution is 0.103. The molecule has 0 heterocycles. The van der Waals surface area contributed by atoms with Crippen LogP contribution in [0.1, 0.15) is 15.9 Å². The molecule has 0 aliphatic carbocycles. The van der Waals surface area contributed by atoms with E-state index in [0.717, 1.165) is 17.0 Å². The summed E-state index contributed by atoms with van der Waals surface area (Å²) in [4.78, 5) is 12.4. The van der Waals surface area contributed by atoms with E-state index in [4.69, 9.17) is 4.18 Å². The van der Waals surface area contributed by atoms with Crippen LogP contribution in [-0.4, -0.2) is 20.5 Å². The smallest absolute Gasteiger partial charge is 0.306 e. The van der Waals surface area contributed by atoms with Crippen LogP contribution in [0.4, 0.5) is 0 Å². The largest absolute Gasteiger partial charge is 0.383 e. The van der Waals surface area contributed by atoms with Crippen molar-refractivity contribution in [3.05, 3.63) is 77.9 Å². The monoisotopic (exact) mass is 326 g/mol. The number of rotatable bonds is 4. The van der Waals surface area contributed by atoms with Crippen molar-refractivity contribution < 1.29 is 17.4 Å². The lowest BCUT2D eigenvalue weighted by atomic mass is 10.00. The summed E-state index contributed by atoms with van der Waals surface area (Å²) in [5.41, 5.74) is 1.21. The van der Waals surface area contributed by atoms with Crippen LogP contribution in [0.25, 0.3) is 10.8 Å². The number of hydrogen-bond donors (Lipinski definition) is 0. The average molecular weight is 326 g/mol. The zero-order valence-electron chi connectivity index (χ0n) is 12.4. The lowest BCUT2D eigenvalue weighted by Gasteiger charge is -2.06. The zero-order valence-corrected chi connectivity index (χ0v) is 13.2. The van der Waals surface area contributed by atoms with Gasteiger partial charge in [0.1, 0.15) is 5.75 Å². The van der Waals surface area contributed by atoms with Crippen molar-refractivity contribution in [1.29, 1.82) is 0 Å². The van der Waals surface area contributed by atoms with Gasteiger partial charge in [0, 0.05) is 11.1 Å². The second-order valence-corrected chi connectivity index (χ2v) is 6.78.